The Morgan fingerprint density at radius 2 is 1.73 bits per heavy atom. The third-order valence-electron chi connectivity index (χ3n) is 4.48. The Kier molecular flexibility index (Phi) is 3.44. The van der Waals surface area contributed by atoms with E-state index in [1.165, 1.54) is 6.07 Å². The third-order valence-corrected chi connectivity index (χ3v) is 4.48. The molecule has 2 amide bonds. The minimum absolute atomic E-state index is 0.103. The van der Waals surface area contributed by atoms with Crippen LogP contribution in [0, 0.1) is 23.7 Å². The van der Waals surface area contributed by atoms with E-state index in [2.05, 4.69) is 5.32 Å². The molecule has 4 atom stereocenters. The number of carboxylic acid groups (broad SMARTS) is 1. The summed E-state index contributed by atoms with van der Waals surface area (Å²) < 4.78 is 0. The molecule has 0 spiro atoms. The van der Waals surface area contributed by atoms with Gasteiger partial charge in [0.05, 0.1) is 17.2 Å². The van der Waals surface area contributed by atoms with Crippen molar-refractivity contribution in [3.63, 3.8) is 0 Å². The van der Waals surface area contributed by atoms with Crippen molar-refractivity contribution in [2.45, 2.75) is 6.42 Å². The van der Waals surface area contributed by atoms with Gasteiger partial charge < -0.3 is 21.0 Å². The largest absolute Gasteiger partial charge is 0.550 e. The van der Waals surface area contributed by atoms with Crippen LogP contribution in [-0.2, 0) is 9.59 Å². The molecular formula is C16H15N2O4-. The maximum absolute atomic E-state index is 12.5. The summed E-state index contributed by atoms with van der Waals surface area (Å²) in [7, 11) is 0. The number of anilines is 1. The van der Waals surface area contributed by atoms with Gasteiger partial charge in [0.2, 0.25) is 5.91 Å². The number of allylic oxidation sites excluding steroid dienone is 2. The minimum atomic E-state index is -1.21. The lowest BCUT2D eigenvalue weighted by Crippen LogP contribution is -2.43. The second kappa shape index (κ2) is 5.29. The summed E-state index contributed by atoms with van der Waals surface area (Å²) in [5, 5.41) is 14.0. The number of fused-ring (bicyclic) bond motifs is 2. The Morgan fingerprint density at radius 1 is 1.09 bits per heavy atom. The first kappa shape index (κ1) is 14.3. The standard InChI is InChI=1S/C16H16N2O4/c17-14(19)10-3-1-2-4-11(10)18-15(20)12-8-5-6-9(7-8)13(12)16(21)22/h1-6,8-9,12-13H,7H2,(H2,17,19)(H,18,20)(H,21,22)/p-1/t8-,9-,12+,13-/m0/s1. The number of hydrogen-bond donors (Lipinski definition) is 2. The van der Waals surface area contributed by atoms with Crippen LogP contribution in [0.1, 0.15) is 16.8 Å². The van der Waals surface area contributed by atoms with E-state index < -0.39 is 29.6 Å². The number of primary amides is 1. The van der Waals surface area contributed by atoms with Gasteiger partial charge in [0.15, 0.2) is 0 Å². The number of hydrogen-bond acceptors (Lipinski definition) is 4. The van der Waals surface area contributed by atoms with E-state index in [9.17, 15) is 19.5 Å². The number of nitrogens with two attached hydrogens (primary N) is 1. The van der Waals surface area contributed by atoms with E-state index in [1.807, 2.05) is 12.2 Å². The zero-order valence-electron chi connectivity index (χ0n) is 11.7. The van der Waals surface area contributed by atoms with Crippen LogP contribution in [0.3, 0.4) is 0 Å². The van der Waals surface area contributed by atoms with Crippen molar-refractivity contribution in [2.75, 3.05) is 5.32 Å². The van der Waals surface area contributed by atoms with E-state index >= 15 is 0 Å². The lowest BCUT2D eigenvalue weighted by atomic mass is 9.82. The molecule has 22 heavy (non-hydrogen) atoms. The number of benzene rings is 1. The molecule has 0 aliphatic heterocycles. The Labute approximate surface area is 127 Å². The molecule has 2 bridgehead atoms. The van der Waals surface area contributed by atoms with Crippen molar-refractivity contribution >= 4 is 23.5 Å². The fourth-order valence-corrected chi connectivity index (χ4v) is 3.52. The van der Waals surface area contributed by atoms with Crippen molar-refractivity contribution in [1.29, 1.82) is 0 Å². The lowest BCUT2D eigenvalue weighted by Gasteiger charge is -2.28. The fourth-order valence-electron chi connectivity index (χ4n) is 3.52. The smallest absolute Gasteiger partial charge is 0.250 e. The molecule has 2 aliphatic carbocycles. The monoisotopic (exact) mass is 299 g/mol. The summed E-state index contributed by atoms with van der Waals surface area (Å²) >= 11 is 0. The molecule has 3 rings (SSSR count). The highest BCUT2D eigenvalue weighted by Crippen LogP contribution is 2.48. The van der Waals surface area contributed by atoms with Crippen LogP contribution in [0.4, 0.5) is 5.69 Å². The molecule has 2 aliphatic rings. The quantitative estimate of drug-likeness (QED) is 0.757. The van der Waals surface area contributed by atoms with Gasteiger partial charge in [-0.1, -0.05) is 24.3 Å². The number of aliphatic carboxylic acids is 1. The van der Waals surface area contributed by atoms with Gasteiger partial charge in [0, 0.05) is 11.9 Å². The zero-order valence-corrected chi connectivity index (χ0v) is 11.7. The zero-order chi connectivity index (χ0) is 15.9. The van der Waals surface area contributed by atoms with Gasteiger partial charge in [-0.25, -0.2) is 0 Å². The van der Waals surface area contributed by atoms with Crippen molar-refractivity contribution in [3.05, 3.63) is 42.0 Å². The molecule has 1 saturated carbocycles. The molecule has 0 saturated heterocycles. The van der Waals surface area contributed by atoms with Crippen LogP contribution in [-0.4, -0.2) is 17.8 Å². The average molecular weight is 299 g/mol. The molecule has 0 aromatic heterocycles. The number of nitrogens with one attached hydrogen (secondary N) is 1. The fraction of sp³-hybridized carbons (Fsp3) is 0.312. The van der Waals surface area contributed by atoms with Crippen molar-refractivity contribution in [3.8, 4) is 0 Å². The molecule has 1 fully saturated rings. The summed E-state index contributed by atoms with van der Waals surface area (Å²) in [4.78, 5) is 35.2. The number of carbonyl (C=O) groups is 3. The van der Waals surface area contributed by atoms with E-state index in [0.717, 1.165) is 0 Å². The van der Waals surface area contributed by atoms with Crippen LogP contribution in [0.5, 0.6) is 0 Å². The average Bonchev–Trinajstić information content (AvgIpc) is 3.08. The number of amides is 2. The van der Waals surface area contributed by atoms with Gasteiger partial charge in [-0.15, -0.1) is 0 Å². The van der Waals surface area contributed by atoms with Gasteiger partial charge in [-0.05, 0) is 30.4 Å². The normalized spacial score (nSPS) is 28.5. The minimum Gasteiger partial charge on any atom is -0.550 e. The predicted octanol–water partition coefficient (Wildman–Crippen LogP) is -0.0878. The lowest BCUT2D eigenvalue weighted by molar-refractivity contribution is -0.313. The Balaban J connectivity index is 1.85. The number of rotatable bonds is 4. The maximum Gasteiger partial charge on any atom is 0.250 e. The van der Waals surface area contributed by atoms with E-state index in [-0.39, 0.29) is 17.4 Å². The maximum atomic E-state index is 12.5. The molecule has 6 heteroatoms. The van der Waals surface area contributed by atoms with E-state index in [4.69, 9.17) is 5.73 Å². The summed E-state index contributed by atoms with van der Waals surface area (Å²) in [6.45, 7) is 0. The van der Waals surface area contributed by atoms with Crippen LogP contribution in [0.15, 0.2) is 36.4 Å². The molecule has 0 heterocycles. The first-order valence-corrected chi connectivity index (χ1v) is 7.08. The van der Waals surface area contributed by atoms with Crippen molar-refractivity contribution in [1.82, 2.24) is 0 Å². The van der Waals surface area contributed by atoms with Crippen molar-refractivity contribution < 1.29 is 19.5 Å². The van der Waals surface area contributed by atoms with Gasteiger partial charge in [0.25, 0.3) is 5.91 Å². The molecule has 0 radical (unpaired) electrons. The second-order valence-electron chi connectivity index (χ2n) is 5.72. The summed E-state index contributed by atoms with van der Waals surface area (Å²) in [6, 6.07) is 6.38. The van der Waals surface area contributed by atoms with Gasteiger partial charge in [-0.3, -0.25) is 9.59 Å². The van der Waals surface area contributed by atoms with Crippen LogP contribution in [0.2, 0.25) is 0 Å². The Bertz CT molecular complexity index is 682. The molecule has 1 aromatic carbocycles. The molecule has 114 valence electrons. The highest BCUT2D eigenvalue weighted by molar-refractivity contribution is 6.04. The van der Waals surface area contributed by atoms with Crippen molar-refractivity contribution in [2.24, 2.45) is 29.4 Å². The topological polar surface area (TPSA) is 112 Å². The molecule has 1 aromatic rings. The highest BCUT2D eigenvalue weighted by Gasteiger charge is 2.48. The molecular weight excluding hydrogens is 284 g/mol. The van der Waals surface area contributed by atoms with Gasteiger partial charge >= 0.3 is 0 Å². The molecule has 6 nitrogen and oxygen atoms in total. The Morgan fingerprint density at radius 3 is 2.36 bits per heavy atom. The highest BCUT2D eigenvalue weighted by atomic mass is 16.4. The summed E-state index contributed by atoms with van der Waals surface area (Å²) in [5.41, 5.74) is 5.76. The first-order chi connectivity index (χ1) is 10.5. The molecule has 3 N–H and O–H groups in total. The number of para-hydroxylation sites is 1. The van der Waals surface area contributed by atoms with Crippen LogP contribution >= 0.6 is 0 Å². The van der Waals surface area contributed by atoms with Gasteiger partial charge in [0.1, 0.15) is 0 Å². The van der Waals surface area contributed by atoms with Gasteiger partial charge in [-0.2, -0.15) is 0 Å². The van der Waals surface area contributed by atoms with Crippen LogP contribution < -0.4 is 16.2 Å². The van der Waals surface area contributed by atoms with Crippen LogP contribution in [0.25, 0.3) is 0 Å². The summed E-state index contributed by atoms with van der Waals surface area (Å²) in [5.74, 6) is -4.04. The SMILES string of the molecule is NC(=O)c1ccccc1NC(=O)[C@H]1[C@@H](C(=O)[O-])[C@H]2C=C[C@H]1C2. The first-order valence-electron chi connectivity index (χ1n) is 7.08. The third kappa shape index (κ3) is 2.26. The Hall–Kier alpha value is -2.63. The second-order valence-corrected chi connectivity index (χ2v) is 5.72. The summed E-state index contributed by atoms with van der Waals surface area (Å²) in [6.07, 6.45) is 4.37. The number of carbonyl (C=O) groups excluding carboxylic acids is 3. The van der Waals surface area contributed by atoms with E-state index in [1.54, 1.807) is 18.2 Å². The van der Waals surface area contributed by atoms with E-state index in [0.29, 0.717) is 12.1 Å². The number of carboxylic acids is 1. The molecule has 0 unspecified atom stereocenters. The predicted molar refractivity (Wildman–Crippen MR) is 76.3 cm³/mol.